The largest absolute Gasteiger partial charge is 0.384 e. The number of ether oxygens (including phenoxy) is 1. The van der Waals surface area contributed by atoms with Crippen molar-refractivity contribution in [2.45, 2.75) is 0 Å². The van der Waals surface area contributed by atoms with E-state index in [9.17, 15) is 4.39 Å². The highest BCUT2D eigenvalue weighted by Crippen LogP contribution is 2.22. The number of rotatable bonds is 2. The summed E-state index contributed by atoms with van der Waals surface area (Å²) in [6.07, 6.45) is 0. The Morgan fingerprint density at radius 1 is 1.10 bits per heavy atom. The monoisotopic (exact) mass is 274 g/mol. The van der Waals surface area contributed by atoms with Crippen molar-refractivity contribution in [1.29, 1.82) is 0 Å². The topological polar surface area (TPSA) is 64.3 Å². The quantitative estimate of drug-likeness (QED) is 0.903. The summed E-state index contributed by atoms with van der Waals surface area (Å²) in [6, 6.07) is 7.86. The second kappa shape index (κ2) is 5.42. The lowest BCUT2D eigenvalue weighted by Gasteiger charge is -2.27. The van der Waals surface area contributed by atoms with E-state index in [0.29, 0.717) is 30.7 Å². The molecule has 2 N–H and O–H groups in total. The van der Waals surface area contributed by atoms with Gasteiger partial charge in [0.25, 0.3) is 0 Å². The number of morpholine rings is 1. The van der Waals surface area contributed by atoms with Crippen molar-refractivity contribution in [3.8, 4) is 11.3 Å². The molecule has 0 unspecified atom stereocenters. The van der Waals surface area contributed by atoms with Crippen molar-refractivity contribution in [1.82, 2.24) is 9.97 Å². The maximum absolute atomic E-state index is 13.0. The van der Waals surface area contributed by atoms with Crippen LogP contribution in [-0.4, -0.2) is 36.3 Å². The summed E-state index contributed by atoms with van der Waals surface area (Å²) in [5, 5.41) is 0. The summed E-state index contributed by atoms with van der Waals surface area (Å²) in [4.78, 5) is 10.8. The Kier molecular flexibility index (Phi) is 3.47. The van der Waals surface area contributed by atoms with Crippen molar-refractivity contribution in [3.63, 3.8) is 0 Å². The van der Waals surface area contributed by atoms with E-state index in [-0.39, 0.29) is 5.82 Å². The first-order valence-electron chi connectivity index (χ1n) is 6.45. The predicted octanol–water partition coefficient (Wildman–Crippen LogP) is 1.70. The molecule has 104 valence electrons. The fraction of sp³-hybridized carbons (Fsp3) is 0.286. The lowest BCUT2D eigenvalue weighted by atomic mass is 10.1. The zero-order valence-corrected chi connectivity index (χ0v) is 10.9. The van der Waals surface area contributed by atoms with E-state index in [1.807, 2.05) is 4.90 Å². The minimum atomic E-state index is -0.274. The van der Waals surface area contributed by atoms with Crippen molar-refractivity contribution < 1.29 is 9.13 Å². The second-order valence-corrected chi connectivity index (χ2v) is 4.58. The molecule has 0 aliphatic carbocycles. The maximum Gasteiger partial charge on any atom is 0.228 e. The minimum Gasteiger partial charge on any atom is -0.384 e. The third kappa shape index (κ3) is 2.70. The molecule has 2 heterocycles. The molecule has 0 atom stereocenters. The van der Waals surface area contributed by atoms with E-state index in [2.05, 4.69) is 9.97 Å². The number of hydrogen-bond acceptors (Lipinski definition) is 5. The van der Waals surface area contributed by atoms with Crippen molar-refractivity contribution in [2.24, 2.45) is 0 Å². The number of nitrogens with two attached hydrogens (primary N) is 1. The third-order valence-electron chi connectivity index (χ3n) is 3.17. The van der Waals surface area contributed by atoms with Crippen LogP contribution < -0.4 is 10.6 Å². The summed E-state index contributed by atoms with van der Waals surface area (Å²) in [5.74, 6) is 0.720. The molecule has 1 saturated heterocycles. The Bertz CT molecular complexity index is 597. The van der Waals surface area contributed by atoms with Crippen molar-refractivity contribution >= 4 is 11.8 Å². The highest BCUT2D eigenvalue weighted by atomic mass is 19.1. The van der Waals surface area contributed by atoms with Crippen LogP contribution in [0.3, 0.4) is 0 Å². The van der Waals surface area contributed by atoms with Crippen LogP contribution in [0.15, 0.2) is 30.3 Å². The van der Waals surface area contributed by atoms with Gasteiger partial charge in [-0.25, -0.2) is 9.37 Å². The van der Waals surface area contributed by atoms with Gasteiger partial charge in [0.1, 0.15) is 11.6 Å². The third-order valence-corrected chi connectivity index (χ3v) is 3.17. The zero-order valence-electron chi connectivity index (χ0n) is 10.9. The number of benzene rings is 1. The number of anilines is 2. The molecule has 2 aromatic rings. The number of halogens is 1. The number of aromatic nitrogens is 2. The molecule has 0 saturated carbocycles. The predicted molar refractivity (Wildman–Crippen MR) is 74.9 cm³/mol. The molecule has 5 nitrogen and oxygen atoms in total. The van der Waals surface area contributed by atoms with Gasteiger partial charge in [-0.2, -0.15) is 4.98 Å². The number of nitrogen functional groups attached to an aromatic ring is 1. The maximum atomic E-state index is 13.0. The van der Waals surface area contributed by atoms with Gasteiger partial charge in [-0.15, -0.1) is 0 Å². The molecule has 1 fully saturated rings. The minimum absolute atomic E-state index is 0.274. The van der Waals surface area contributed by atoms with Crippen molar-refractivity contribution in [3.05, 3.63) is 36.1 Å². The average molecular weight is 274 g/mol. The van der Waals surface area contributed by atoms with Crippen LogP contribution in [-0.2, 0) is 4.74 Å². The SMILES string of the molecule is Nc1cc(-c2ccc(F)cc2)nc(N2CCOCC2)n1. The summed E-state index contributed by atoms with van der Waals surface area (Å²) < 4.78 is 18.3. The molecular weight excluding hydrogens is 259 g/mol. The summed E-state index contributed by atoms with van der Waals surface area (Å²) in [5.41, 5.74) is 7.36. The van der Waals surface area contributed by atoms with E-state index in [1.165, 1.54) is 12.1 Å². The summed E-state index contributed by atoms with van der Waals surface area (Å²) >= 11 is 0. The first-order chi connectivity index (χ1) is 9.72. The molecule has 1 aliphatic rings. The average Bonchev–Trinajstić information content (AvgIpc) is 2.48. The van der Waals surface area contributed by atoms with E-state index in [0.717, 1.165) is 18.7 Å². The first kappa shape index (κ1) is 12.8. The molecule has 0 amide bonds. The lowest BCUT2D eigenvalue weighted by Crippen LogP contribution is -2.37. The van der Waals surface area contributed by atoms with Crippen LogP contribution in [0.4, 0.5) is 16.2 Å². The molecule has 6 heteroatoms. The van der Waals surface area contributed by atoms with E-state index < -0.39 is 0 Å². The molecular formula is C14H15FN4O. The van der Waals surface area contributed by atoms with Crippen LogP contribution in [0, 0.1) is 5.82 Å². The van der Waals surface area contributed by atoms with E-state index >= 15 is 0 Å². The first-order valence-corrected chi connectivity index (χ1v) is 6.45. The normalized spacial score (nSPS) is 15.3. The lowest BCUT2D eigenvalue weighted by molar-refractivity contribution is 0.122. The molecule has 0 radical (unpaired) electrons. The van der Waals surface area contributed by atoms with Crippen LogP contribution in [0.25, 0.3) is 11.3 Å². The smallest absolute Gasteiger partial charge is 0.228 e. The van der Waals surface area contributed by atoms with Gasteiger partial charge in [-0.3, -0.25) is 0 Å². The Morgan fingerprint density at radius 3 is 2.50 bits per heavy atom. The van der Waals surface area contributed by atoms with Crippen LogP contribution >= 0.6 is 0 Å². The molecule has 0 bridgehead atoms. The Balaban J connectivity index is 1.95. The fourth-order valence-corrected chi connectivity index (χ4v) is 2.13. The highest BCUT2D eigenvalue weighted by Gasteiger charge is 2.15. The van der Waals surface area contributed by atoms with Gasteiger partial charge in [-0.05, 0) is 24.3 Å². The van der Waals surface area contributed by atoms with Gasteiger partial charge >= 0.3 is 0 Å². The van der Waals surface area contributed by atoms with Crippen LogP contribution in [0.2, 0.25) is 0 Å². The number of nitrogens with zero attached hydrogens (tertiary/aromatic N) is 3. The Hall–Kier alpha value is -2.21. The summed E-state index contributed by atoms with van der Waals surface area (Å²) in [7, 11) is 0. The molecule has 1 aliphatic heterocycles. The Labute approximate surface area is 116 Å². The van der Waals surface area contributed by atoms with Gasteiger partial charge in [0.2, 0.25) is 5.95 Å². The van der Waals surface area contributed by atoms with Crippen LogP contribution in [0.1, 0.15) is 0 Å². The molecule has 0 spiro atoms. The molecule has 1 aromatic carbocycles. The van der Waals surface area contributed by atoms with Gasteiger partial charge in [0, 0.05) is 24.7 Å². The number of hydrogen-bond donors (Lipinski definition) is 1. The summed E-state index contributed by atoms with van der Waals surface area (Å²) in [6.45, 7) is 2.80. The van der Waals surface area contributed by atoms with Gasteiger partial charge < -0.3 is 15.4 Å². The second-order valence-electron chi connectivity index (χ2n) is 4.58. The van der Waals surface area contributed by atoms with E-state index in [1.54, 1.807) is 18.2 Å². The zero-order chi connectivity index (χ0) is 13.9. The molecule has 20 heavy (non-hydrogen) atoms. The van der Waals surface area contributed by atoms with Gasteiger partial charge in [0.05, 0.1) is 18.9 Å². The fourth-order valence-electron chi connectivity index (χ4n) is 2.13. The highest BCUT2D eigenvalue weighted by molar-refractivity contribution is 5.63. The van der Waals surface area contributed by atoms with Crippen molar-refractivity contribution in [2.75, 3.05) is 36.9 Å². The van der Waals surface area contributed by atoms with Gasteiger partial charge in [0.15, 0.2) is 0 Å². The standard InChI is InChI=1S/C14H15FN4O/c15-11-3-1-10(2-4-11)12-9-13(16)18-14(17-12)19-5-7-20-8-6-19/h1-4,9H,5-8H2,(H2,16,17,18). The van der Waals surface area contributed by atoms with Gasteiger partial charge in [-0.1, -0.05) is 0 Å². The van der Waals surface area contributed by atoms with E-state index in [4.69, 9.17) is 10.5 Å². The molecule has 3 rings (SSSR count). The Morgan fingerprint density at radius 2 is 1.80 bits per heavy atom. The molecule has 1 aromatic heterocycles. The van der Waals surface area contributed by atoms with Crippen LogP contribution in [0.5, 0.6) is 0 Å².